The summed E-state index contributed by atoms with van der Waals surface area (Å²) in [5.41, 5.74) is 13.9. The lowest BCUT2D eigenvalue weighted by Gasteiger charge is -2.15. The number of halogens is 6. The number of hydrogen-bond acceptors (Lipinski definition) is 15. The number of H-pyrrole nitrogens is 1. The van der Waals surface area contributed by atoms with E-state index in [-0.39, 0.29) is 22.9 Å². The van der Waals surface area contributed by atoms with Crippen LogP contribution < -0.4 is 45.2 Å². The van der Waals surface area contributed by atoms with Crippen LogP contribution in [0.4, 0.5) is 26.1 Å². The van der Waals surface area contributed by atoms with Gasteiger partial charge in [-0.2, -0.15) is 20.4 Å². The van der Waals surface area contributed by atoms with E-state index in [1.807, 2.05) is 54.7 Å². The van der Waals surface area contributed by atoms with E-state index >= 15 is 0 Å². The zero-order valence-corrected chi connectivity index (χ0v) is 52.3. The second kappa shape index (κ2) is 31.0. The van der Waals surface area contributed by atoms with Gasteiger partial charge in [-0.15, -0.1) is 28.3 Å². The summed E-state index contributed by atoms with van der Waals surface area (Å²) >= 11 is 17.2. The second-order valence-corrected chi connectivity index (χ2v) is 21.0. The standard InChI is InChI=1S/C24H22FN5O3.C14H15N5O2.C10H8ClFO.C8H9IO2.C3H5N3.CH2Cl2/c1-32-17-7-8-20(21(13-17)33-2)30-15-16(14-26-30)29-12-9-22(28-29)27-23(31)24(10-11-24)18-5-3-4-6-19(18)25;1-20-11-3-4-12(13(7-11)21-2)19-9-10(8-16-19)18-6-5-14(15)17-18;11-9(13)10(5-6-10)7-3-1-2-4-8(7)12;1-10-6-3-4-7(9)8(5-6)11-2;4-3-1-5-6-2-3;2-1-3/h3-9,12-15H,10-11H2,1-2H3,(H,27,28,31);3-9H,1-2H3,(H2,15,17);1-4H,5-6H2;3-5H,1-2H3;1-2H,4H2,(H,5,6);1H2. The molecule has 0 bridgehead atoms. The van der Waals surface area contributed by atoms with Crippen LogP contribution in [-0.2, 0) is 20.4 Å². The van der Waals surface area contributed by atoms with Crippen molar-refractivity contribution < 1.29 is 46.8 Å². The highest BCUT2D eigenvalue weighted by molar-refractivity contribution is 14.1. The predicted octanol–water partition coefficient (Wildman–Crippen LogP) is 11.9. The van der Waals surface area contributed by atoms with Crippen molar-refractivity contribution in [3.05, 3.63) is 191 Å². The maximum Gasteiger partial charge on any atom is 0.236 e. The van der Waals surface area contributed by atoms with Gasteiger partial charge in [0.2, 0.25) is 11.1 Å². The molecular formula is C60H61Cl3F2IN13O8. The van der Waals surface area contributed by atoms with Gasteiger partial charge in [-0.25, -0.2) is 27.5 Å². The molecule has 2 aliphatic rings. The highest BCUT2D eigenvalue weighted by atomic mass is 127. The summed E-state index contributed by atoms with van der Waals surface area (Å²) in [4.78, 5) is 24.0. The van der Waals surface area contributed by atoms with E-state index in [1.165, 1.54) is 12.1 Å². The Hall–Kier alpha value is -8.85. The Labute approximate surface area is 528 Å². The number of aromatic nitrogens is 10. The largest absolute Gasteiger partial charge is 0.497 e. The highest BCUT2D eigenvalue weighted by Gasteiger charge is 2.53. The van der Waals surface area contributed by atoms with Crippen LogP contribution in [0.1, 0.15) is 36.8 Å². The number of nitrogens with zero attached hydrogens (tertiary/aromatic N) is 9. The molecule has 6 N–H and O–H groups in total. The third-order valence-corrected chi connectivity index (χ3v) is 14.6. The number of carbonyl (C=O) groups excluding carboxylic acids is 2. The molecule has 27 heteroatoms. The quantitative estimate of drug-likeness (QED) is 0.0423. The second-order valence-electron chi connectivity index (χ2n) is 18.7. The van der Waals surface area contributed by atoms with Crippen molar-refractivity contribution in [3.8, 4) is 57.2 Å². The summed E-state index contributed by atoms with van der Waals surface area (Å²) in [5, 5.41) is 26.0. The molecule has 0 saturated heterocycles. The molecule has 5 aromatic carbocycles. The number of carbonyl (C=O) groups is 2. The molecule has 1 amide bonds. The third kappa shape index (κ3) is 16.8. The van der Waals surface area contributed by atoms with Gasteiger partial charge >= 0.3 is 0 Å². The van der Waals surface area contributed by atoms with Crippen LogP contribution in [0.25, 0.3) is 22.7 Å². The molecule has 2 aliphatic carbocycles. The first kappa shape index (κ1) is 65.7. The third-order valence-electron chi connectivity index (χ3n) is 13.3. The van der Waals surface area contributed by atoms with E-state index in [1.54, 1.807) is 159 Å². The van der Waals surface area contributed by atoms with Gasteiger partial charge in [0.05, 0.1) is 99.1 Å². The number of amides is 1. The van der Waals surface area contributed by atoms with E-state index in [9.17, 15) is 18.4 Å². The van der Waals surface area contributed by atoms with Crippen LogP contribution in [0, 0.1) is 15.2 Å². The van der Waals surface area contributed by atoms with Gasteiger partial charge in [0.25, 0.3) is 0 Å². The molecule has 0 radical (unpaired) electrons. The Morgan fingerprint density at radius 3 is 1.47 bits per heavy atom. The topological polar surface area (TPSA) is 254 Å². The Morgan fingerprint density at radius 1 is 0.609 bits per heavy atom. The minimum Gasteiger partial charge on any atom is -0.497 e. The molecule has 12 rings (SSSR count). The number of nitrogens with one attached hydrogen (secondary N) is 2. The zero-order valence-electron chi connectivity index (χ0n) is 47.8. The molecule has 456 valence electrons. The fourth-order valence-electron chi connectivity index (χ4n) is 8.49. The van der Waals surface area contributed by atoms with Crippen LogP contribution in [0.2, 0.25) is 0 Å². The Morgan fingerprint density at radius 2 is 1.07 bits per heavy atom. The van der Waals surface area contributed by atoms with E-state index in [0.29, 0.717) is 77.1 Å². The molecule has 21 nitrogen and oxygen atoms in total. The Bertz CT molecular complexity index is 3850. The number of alkyl halides is 2. The van der Waals surface area contributed by atoms with Gasteiger partial charge < -0.3 is 45.2 Å². The van der Waals surface area contributed by atoms with Crippen LogP contribution in [0.3, 0.4) is 0 Å². The minimum atomic E-state index is -0.828. The lowest BCUT2D eigenvalue weighted by molar-refractivity contribution is -0.118. The van der Waals surface area contributed by atoms with Crippen LogP contribution >= 0.6 is 57.4 Å². The number of hydrogen-bond donors (Lipinski definition) is 4. The van der Waals surface area contributed by atoms with Crippen LogP contribution in [-0.4, -0.2) is 108 Å². The lowest BCUT2D eigenvalue weighted by Crippen LogP contribution is -2.28. The van der Waals surface area contributed by atoms with Gasteiger partial charge in [0.1, 0.15) is 74.7 Å². The maximum atomic E-state index is 14.3. The molecule has 5 aromatic heterocycles. The molecule has 2 saturated carbocycles. The molecular weight excluding hydrogens is 1300 g/mol. The molecule has 2 fully saturated rings. The van der Waals surface area contributed by atoms with Crippen molar-refractivity contribution >= 4 is 85.9 Å². The number of aromatic amines is 1. The van der Waals surface area contributed by atoms with Crippen molar-refractivity contribution in [2.45, 2.75) is 36.5 Å². The molecule has 0 spiro atoms. The molecule has 5 heterocycles. The maximum absolute atomic E-state index is 14.3. The highest BCUT2D eigenvalue weighted by Crippen LogP contribution is 2.51. The van der Waals surface area contributed by atoms with E-state index < -0.39 is 16.1 Å². The fourth-order valence-corrected chi connectivity index (χ4v) is 9.34. The predicted molar refractivity (Wildman–Crippen MR) is 338 cm³/mol. The number of rotatable bonds is 15. The van der Waals surface area contributed by atoms with Crippen LogP contribution in [0.15, 0.2) is 165 Å². The van der Waals surface area contributed by atoms with Crippen molar-refractivity contribution in [2.75, 3.05) is 64.8 Å². The van der Waals surface area contributed by atoms with Crippen molar-refractivity contribution in [2.24, 2.45) is 0 Å². The minimum absolute atomic E-state index is 0.194. The average Bonchev–Trinajstić information content (AvgIpc) is 1.89. The lowest BCUT2D eigenvalue weighted by atomic mass is 9.94. The zero-order chi connectivity index (χ0) is 62.7. The fraction of sp³-hybridized carbons (Fsp3) is 0.217. The van der Waals surface area contributed by atoms with Gasteiger partial charge in [-0.1, -0.05) is 36.4 Å². The van der Waals surface area contributed by atoms with Crippen molar-refractivity contribution in [1.82, 2.24) is 49.3 Å². The smallest absolute Gasteiger partial charge is 0.236 e. The first-order chi connectivity index (χ1) is 42.0. The number of nitrogens with two attached hydrogens (primary N) is 2. The summed E-state index contributed by atoms with van der Waals surface area (Å²) in [6.45, 7) is 0. The molecule has 87 heavy (non-hydrogen) atoms. The molecule has 0 aliphatic heterocycles. The molecule has 0 atom stereocenters. The first-order valence-electron chi connectivity index (χ1n) is 26.2. The Balaban J connectivity index is 0.000000170. The van der Waals surface area contributed by atoms with Gasteiger partial charge in [0, 0.05) is 60.0 Å². The average molecular weight is 1360 g/mol. The van der Waals surface area contributed by atoms with Gasteiger partial charge in [-0.3, -0.25) is 14.7 Å². The summed E-state index contributed by atoms with van der Waals surface area (Å²) in [6, 6.07) is 32.9. The number of anilines is 3. The summed E-state index contributed by atoms with van der Waals surface area (Å²) in [5.74, 6) is 4.25. The van der Waals surface area contributed by atoms with Crippen LogP contribution in [0.5, 0.6) is 34.5 Å². The van der Waals surface area contributed by atoms with Crippen molar-refractivity contribution in [1.29, 1.82) is 0 Å². The van der Waals surface area contributed by atoms with Crippen molar-refractivity contribution in [3.63, 3.8) is 0 Å². The number of benzene rings is 5. The van der Waals surface area contributed by atoms with Gasteiger partial charge in [-0.05, 0) is 108 Å². The summed E-state index contributed by atoms with van der Waals surface area (Å²) in [6.07, 6.45) is 16.2. The Kier molecular flexibility index (Phi) is 23.4. The first-order valence-corrected chi connectivity index (χ1v) is 28.7. The monoisotopic (exact) mass is 1360 g/mol. The van der Waals surface area contributed by atoms with E-state index in [2.05, 4.69) is 58.5 Å². The van der Waals surface area contributed by atoms with E-state index in [0.717, 1.165) is 37.9 Å². The normalized spacial score (nSPS) is 12.6. The number of ether oxygens (including phenoxy) is 6. The number of methoxy groups -OCH3 is 6. The summed E-state index contributed by atoms with van der Waals surface area (Å²) in [7, 11) is 9.69. The SMILES string of the molecule is COc1ccc(-n2cc(-n3ccc(N)n3)cn2)c(OC)c1.COc1ccc(-n2cc(-n3ccc(NC(=O)C4(c5ccccc5F)CC4)n3)cn2)c(OC)c1.COc1ccc(I)c(OC)c1.ClCCl.Nc1cn[nH]c1.O=C(Cl)C1(c2ccccc2F)CC1. The van der Waals surface area contributed by atoms with Gasteiger partial charge in [0.15, 0.2) is 5.82 Å². The molecule has 10 aromatic rings. The number of nitrogen functional groups attached to an aromatic ring is 2. The molecule has 0 unspecified atom stereocenters. The summed E-state index contributed by atoms with van der Waals surface area (Å²) < 4.78 is 66.7. The van der Waals surface area contributed by atoms with E-state index in [4.69, 9.17) is 74.7 Å².